The van der Waals surface area contributed by atoms with Gasteiger partial charge >= 0.3 is 5.97 Å². The highest BCUT2D eigenvalue weighted by Crippen LogP contribution is 2.25. The number of nitrogens with two attached hydrogens (primary N) is 1. The van der Waals surface area contributed by atoms with Crippen LogP contribution in [0.25, 0.3) is 0 Å². The normalized spacial score (nSPS) is 10.4. The SMILES string of the molecule is COc1ccc(C(=O)NNc2ncnc(Nc3ccc(C(=O)OCC(C)C)cc3)c2N)cc1. The maximum absolute atomic E-state index is 12.3. The molecule has 5 N–H and O–H groups in total. The number of esters is 1. The van der Waals surface area contributed by atoms with Crippen LogP contribution in [0.5, 0.6) is 5.75 Å². The molecule has 1 amide bonds. The molecule has 3 rings (SSSR count). The van der Waals surface area contributed by atoms with Crippen LogP contribution >= 0.6 is 0 Å². The zero-order valence-electron chi connectivity index (χ0n) is 18.6. The lowest BCUT2D eigenvalue weighted by Crippen LogP contribution is -2.30. The zero-order chi connectivity index (χ0) is 23.8. The summed E-state index contributed by atoms with van der Waals surface area (Å²) in [6, 6.07) is 13.4. The number of aromatic nitrogens is 2. The van der Waals surface area contributed by atoms with Crippen LogP contribution in [0.2, 0.25) is 0 Å². The molecule has 0 unspecified atom stereocenters. The smallest absolute Gasteiger partial charge is 0.338 e. The predicted octanol–water partition coefficient (Wildman–Crippen LogP) is 3.38. The van der Waals surface area contributed by atoms with Gasteiger partial charge in [-0.3, -0.25) is 15.6 Å². The number of anilines is 4. The number of methoxy groups -OCH3 is 1. The number of ether oxygens (including phenoxy) is 2. The van der Waals surface area contributed by atoms with Crippen LogP contribution in [-0.2, 0) is 4.74 Å². The minimum Gasteiger partial charge on any atom is -0.497 e. The van der Waals surface area contributed by atoms with Crippen molar-refractivity contribution in [2.45, 2.75) is 13.8 Å². The minimum atomic E-state index is -0.379. The molecule has 1 heterocycles. The van der Waals surface area contributed by atoms with Gasteiger partial charge in [-0.1, -0.05) is 13.8 Å². The molecule has 0 radical (unpaired) electrons. The van der Waals surface area contributed by atoms with Gasteiger partial charge in [0.25, 0.3) is 5.91 Å². The molecule has 0 atom stereocenters. The van der Waals surface area contributed by atoms with Gasteiger partial charge in [0.05, 0.1) is 19.3 Å². The molecule has 0 aliphatic heterocycles. The van der Waals surface area contributed by atoms with Crippen LogP contribution in [0.4, 0.5) is 23.0 Å². The Labute approximate surface area is 191 Å². The fraction of sp³-hybridized carbons (Fsp3) is 0.217. The maximum atomic E-state index is 12.3. The van der Waals surface area contributed by atoms with E-state index in [4.69, 9.17) is 15.2 Å². The van der Waals surface area contributed by atoms with Crippen molar-refractivity contribution in [3.05, 3.63) is 66.0 Å². The first-order chi connectivity index (χ1) is 15.9. The topological polar surface area (TPSA) is 140 Å². The largest absolute Gasteiger partial charge is 0.497 e. The average Bonchev–Trinajstić information content (AvgIpc) is 2.83. The van der Waals surface area contributed by atoms with Gasteiger partial charge in [-0.05, 0) is 54.4 Å². The number of hydrogen-bond donors (Lipinski definition) is 4. The first-order valence-corrected chi connectivity index (χ1v) is 10.2. The monoisotopic (exact) mass is 450 g/mol. The van der Waals surface area contributed by atoms with Gasteiger partial charge in [0.2, 0.25) is 0 Å². The summed E-state index contributed by atoms with van der Waals surface area (Å²) >= 11 is 0. The van der Waals surface area contributed by atoms with Gasteiger partial charge in [-0.15, -0.1) is 0 Å². The number of nitrogens with zero attached hydrogens (tertiary/aromatic N) is 2. The van der Waals surface area contributed by atoms with E-state index in [2.05, 4.69) is 26.1 Å². The maximum Gasteiger partial charge on any atom is 0.338 e. The Hall–Kier alpha value is -4.34. The molecule has 1 aromatic heterocycles. The van der Waals surface area contributed by atoms with Crippen LogP contribution in [0, 0.1) is 5.92 Å². The fourth-order valence-electron chi connectivity index (χ4n) is 2.68. The number of hydrogen-bond acceptors (Lipinski definition) is 9. The van der Waals surface area contributed by atoms with E-state index in [-0.39, 0.29) is 29.3 Å². The molecule has 0 saturated carbocycles. The highest BCUT2D eigenvalue weighted by Gasteiger charge is 2.12. The molecule has 172 valence electrons. The summed E-state index contributed by atoms with van der Waals surface area (Å²) in [4.78, 5) is 32.6. The van der Waals surface area contributed by atoms with E-state index >= 15 is 0 Å². The van der Waals surface area contributed by atoms with Crippen LogP contribution in [0.15, 0.2) is 54.9 Å². The summed E-state index contributed by atoms with van der Waals surface area (Å²) in [6.07, 6.45) is 1.30. The van der Waals surface area contributed by atoms with Gasteiger partial charge in [-0.25, -0.2) is 14.8 Å². The van der Waals surface area contributed by atoms with Crippen molar-refractivity contribution in [1.29, 1.82) is 0 Å². The lowest BCUT2D eigenvalue weighted by Gasteiger charge is -2.13. The summed E-state index contributed by atoms with van der Waals surface area (Å²) in [7, 11) is 1.55. The standard InChI is InChI=1S/C23H26N6O4/c1-14(2)12-33-23(31)16-4-8-17(9-5-16)27-20-19(24)21(26-13-25-20)28-29-22(30)15-6-10-18(32-3)11-7-15/h4-11,13-14H,12,24H2,1-3H3,(H,29,30)(H2,25,26,27,28). The van der Waals surface area contributed by atoms with E-state index in [1.54, 1.807) is 55.6 Å². The quantitative estimate of drug-likeness (QED) is 0.285. The lowest BCUT2D eigenvalue weighted by molar-refractivity contribution is 0.0459. The van der Waals surface area contributed by atoms with E-state index in [0.29, 0.717) is 35.0 Å². The van der Waals surface area contributed by atoms with Crippen LogP contribution in [0.1, 0.15) is 34.6 Å². The Kier molecular flexibility index (Phi) is 7.64. The van der Waals surface area contributed by atoms with E-state index in [1.807, 2.05) is 13.8 Å². The second kappa shape index (κ2) is 10.8. The van der Waals surface area contributed by atoms with Crippen molar-refractivity contribution in [1.82, 2.24) is 15.4 Å². The van der Waals surface area contributed by atoms with E-state index in [0.717, 1.165) is 0 Å². The highest BCUT2D eigenvalue weighted by atomic mass is 16.5. The van der Waals surface area contributed by atoms with Crippen molar-refractivity contribution in [2.24, 2.45) is 5.92 Å². The van der Waals surface area contributed by atoms with Crippen LogP contribution in [-0.4, -0.2) is 35.6 Å². The van der Waals surface area contributed by atoms with Gasteiger partial charge in [0.15, 0.2) is 11.6 Å². The number of rotatable bonds is 9. The molecule has 0 bridgehead atoms. The van der Waals surface area contributed by atoms with Crippen molar-refractivity contribution in [3.8, 4) is 5.75 Å². The first kappa shape index (κ1) is 23.3. The van der Waals surface area contributed by atoms with Crippen LogP contribution < -0.4 is 26.6 Å². The molecule has 10 nitrogen and oxygen atoms in total. The number of amides is 1. The third-order valence-electron chi connectivity index (χ3n) is 4.46. The zero-order valence-corrected chi connectivity index (χ0v) is 18.6. The molecule has 0 fully saturated rings. The first-order valence-electron chi connectivity index (χ1n) is 10.2. The second-order valence-electron chi connectivity index (χ2n) is 7.49. The van der Waals surface area contributed by atoms with E-state index < -0.39 is 0 Å². The van der Waals surface area contributed by atoms with Gasteiger partial charge < -0.3 is 20.5 Å². The number of nitrogen functional groups attached to an aromatic ring is 1. The summed E-state index contributed by atoms with van der Waals surface area (Å²) in [5.41, 5.74) is 13.1. The number of carbonyl (C=O) groups is 2. The molecule has 0 saturated heterocycles. The number of nitrogens with one attached hydrogen (secondary N) is 3. The Bertz CT molecular complexity index is 1100. The van der Waals surface area contributed by atoms with Crippen molar-refractivity contribution in [3.63, 3.8) is 0 Å². The number of carbonyl (C=O) groups excluding carboxylic acids is 2. The third-order valence-corrected chi connectivity index (χ3v) is 4.46. The second-order valence-corrected chi connectivity index (χ2v) is 7.49. The van der Waals surface area contributed by atoms with Crippen LogP contribution in [0.3, 0.4) is 0 Å². The van der Waals surface area contributed by atoms with Gasteiger partial charge in [-0.2, -0.15) is 0 Å². The summed E-state index contributed by atoms with van der Waals surface area (Å²) < 4.78 is 10.3. The van der Waals surface area contributed by atoms with E-state index in [1.165, 1.54) is 6.33 Å². The lowest BCUT2D eigenvalue weighted by atomic mass is 10.2. The Morgan fingerprint density at radius 2 is 1.61 bits per heavy atom. The molecule has 0 aliphatic rings. The highest BCUT2D eigenvalue weighted by molar-refractivity contribution is 5.95. The molecule has 0 spiro atoms. The molecular formula is C23H26N6O4. The summed E-state index contributed by atoms with van der Waals surface area (Å²) in [5.74, 6) is 0.723. The number of benzene rings is 2. The molecule has 10 heteroatoms. The van der Waals surface area contributed by atoms with Crippen molar-refractivity contribution in [2.75, 3.05) is 30.2 Å². The molecular weight excluding hydrogens is 424 g/mol. The Balaban J connectivity index is 1.62. The predicted molar refractivity (Wildman–Crippen MR) is 125 cm³/mol. The minimum absolute atomic E-state index is 0.202. The Morgan fingerprint density at radius 1 is 0.970 bits per heavy atom. The summed E-state index contributed by atoms with van der Waals surface area (Å²) in [6.45, 7) is 4.31. The molecule has 0 aliphatic carbocycles. The summed E-state index contributed by atoms with van der Waals surface area (Å²) in [5, 5.41) is 3.07. The van der Waals surface area contributed by atoms with Crippen molar-refractivity contribution >= 4 is 34.9 Å². The van der Waals surface area contributed by atoms with Crippen molar-refractivity contribution < 1.29 is 19.1 Å². The van der Waals surface area contributed by atoms with Gasteiger partial charge in [0.1, 0.15) is 17.8 Å². The Morgan fingerprint density at radius 3 is 2.24 bits per heavy atom. The molecule has 3 aromatic rings. The van der Waals surface area contributed by atoms with E-state index in [9.17, 15) is 9.59 Å². The molecule has 33 heavy (non-hydrogen) atoms. The number of hydrazine groups is 1. The fourth-order valence-corrected chi connectivity index (χ4v) is 2.68. The third kappa shape index (κ3) is 6.33. The average molecular weight is 450 g/mol. The molecule has 2 aromatic carbocycles. The van der Waals surface area contributed by atoms with Gasteiger partial charge in [0, 0.05) is 11.3 Å².